The van der Waals surface area contributed by atoms with Gasteiger partial charge in [-0.1, -0.05) is 12.1 Å². The molecule has 0 atom stereocenters. The molecule has 0 spiro atoms. The molecule has 106 valence electrons. The second-order valence-electron chi connectivity index (χ2n) is 5.45. The van der Waals surface area contributed by atoms with Crippen molar-refractivity contribution in [3.8, 4) is 0 Å². The number of anilines is 1. The van der Waals surface area contributed by atoms with Crippen molar-refractivity contribution in [1.82, 2.24) is 4.98 Å². The molecule has 0 fully saturated rings. The van der Waals surface area contributed by atoms with Gasteiger partial charge in [0.15, 0.2) is 0 Å². The Bertz CT molecular complexity index is 689. The van der Waals surface area contributed by atoms with Gasteiger partial charge in [0.1, 0.15) is 5.69 Å². The first-order chi connectivity index (χ1) is 9.97. The van der Waals surface area contributed by atoms with Gasteiger partial charge in [0.25, 0.3) is 5.91 Å². The number of amides is 1. The Morgan fingerprint density at radius 1 is 1.33 bits per heavy atom. The normalized spacial score (nSPS) is 15.7. The van der Waals surface area contributed by atoms with Crippen molar-refractivity contribution >= 4 is 24.2 Å². The molecule has 6 heteroatoms. The summed E-state index contributed by atoms with van der Waals surface area (Å²) < 4.78 is 5.49. The topological polar surface area (TPSA) is 71.5 Å². The molecule has 0 saturated carbocycles. The van der Waals surface area contributed by atoms with E-state index in [1.807, 2.05) is 19.9 Å². The lowest BCUT2D eigenvalue weighted by molar-refractivity contribution is 0.100. The first-order valence-corrected chi connectivity index (χ1v) is 6.70. The minimum Gasteiger partial charge on any atom is -0.423 e. The van der Waals surface area contributed by atoms with Crippen LogP contribution in [-0.2, 0) is 10.3 Å². The maximum atomic E-state index is 12.1. The van der Waals surface area contributed by atoms with Gasteiger partial charge in [-0.2, -0.15) is 0 Å². The van der Waals surface area contributed by atoms with Crippen LogP contribution in [0.2, 0.25) is 0 Å². The quantitative estimate of drug-likeness (QED) is 0.814. The summed E-state index contributed by atoms with van der Waals surface area (Å²) >= 11 is 0. The summed E-state index contributed by atoms with van der Waals surface area (Å²) in [4.78, 5) is 16.1. The highest BCUT2D eigenvalue weighted by molar-refractivity contribution is 6.62. The van der Waals surface area contributed by atoms with Crippen molar-refractivity contribution in [3.63, 3.8) is 0 Å². The maximum Gasteiger partial charge on any atom is 0.492 e. The molecule has 2 N–H and O–H groups in total. The monoisotopic (exact) mass is 282 g/mol. The Morgan fingerprint density at radius 2 is 2.14 bits per heavy atom. The molecule has 21 heavy (non-hydrogen) atoms. The highest BCUT2D eigenvalue weighted by Crippen LogP contribution is 2.30. The molecule has 0 bridgehead atoms. The van der Waals surface area contributed by atoms with Crippen LogP contribution in [0.3, 0.4) is 0 Å². The molecule has 0 radical (unpaired) electrons. The van der Waals surface area contributed by atoms with Crippen LogP contribution in [0.25, 0.3) is 0 Å². The van der Waals surface area contributed by atoms with E-state index in [0.717, 1.165) is 5.56 Å². The van der Waals surface area contributed by atoms with Crippen LogP contribution < -0.4 is 10.8 Å². The van der Waals surface area contributed by atoms with Crippen LogP contribution in [-0.4, -0.2) is 23.0 Å². The number of hydrogen-bond acceptors (Lipinski definition) is 4. The lowest BCUT2D eigenvalue weighted by atomic mass is 9.78. The van der Waals surface area contributed by atoms with Gasteiger partial charge < -0.3 is 15.0 Å². The fourth-order valence-corrected chi connectivity index (χ4v) is 2.49. The van der Waals surface area contributed by atoms with E-state index in [2.05, 4.69) is 10.3 Å². The molecule has 0 unspecified atom stereocenters. The lowest BCUT2D eigenvalue weighted by Gasteiger charge is -2.19. The Kier molecular flexibility index (Phi) is 3.27. The smallest absolute Gasteiger partial charge is 0.423 e. The van der Waals surface area contributed by atoms with Crippen LogP contribution in [0.15, 0.2) is 42.6 Å². The largest absolute Gasteiger partial charge is 0.492 e. The predicted octanol–water partition coefficient (Wildman–Crippen LogP) is 1.29. The zero-order valence-corrected chi connectivity index (χ0v) is 11.8. The molecular weight excluding hydrogens is 267 g/mol. The van der Waals surface area contributed by atoms with E-state index >= 15 is 0 Å². The number of carbonyl (C=O) groups is 1. The van der Waals surface area contributed by atoms with Crippen LogP contribution in [0, 0.1) is 0 Å². The highest BCUT2D eigenvalue weighted by atomic mass is 16.5. The minimum atomic E-state index is -0.971. The van der Waals surface area contributed by atoms with E-state index in [1.165, 1.54) is 0 Å². The van der Waals surface area contributed by atoms with E-state index in [1.54, 1.807) is 36.5 Å². The van der Waals surface area contributed by atoms with Crippen LogP contribution >= 0.6 is 0 Å². The van der Waals surface area contributed by atoms with Gasteiger partial charge in [-0.15, -0.1) is 0 Å². The molecule has 2 heterocycles. The second-order valence-corrected chi connectivity index (χ2v) is 5.45. The van der Waals surface area contributed by atoms with E-state index in [4.69, 9.17) is 4.65 Å². The Labute approximate surface area is 123 Å². The number of aromatic nitrogens is 1. The Balaban J connectivity index is 1.86. The van der Waals surface area contributed by atoms with E-state index < -0.39 is 12.7 Å². The number of rotatable bonds is 2. The van der Waals surface area contributed by atoms with Crippen molar-refractivity contribution in [2.75, 3.05) is 5.32 Å². The zero-order chi connectivity index (χ0) is 15.0. The Hall–Kier alpha value is -2.18. The second kappa shape index (κ2) is 4.98. The molecule has 5 nitrogen and oxygen atoms in total. The maximum absolute atomic E-state index is 12.1. The van der Waals surface area contributed by atoms with Crippen molar-refractivity contribution in [3.05, 3.63) is 53.9 Å². The number of carbonyl (C=O) groups excluding carboxylic acids is 1. The number of benzene rings is 1. The van der Waals surface area contributed by atoms with Gasteiger partial charge in [0.05, 0.1) is 5.60 Å². The average molecular weight is 282 g/mol. The summed E-state index contributed by atoms with van der Waals surface area (Å²) in [7, 11) is -0.971. The number of hydrogen-bond donors (Lipinski definition) is 2. The summed E-state index contributed by atoms with van der Waals surface area (Å²) in [5, 5.41) is 12.7. The fourth-order valence-electron chi connectivity index (χ4n) is 2.49. The van der Waals surface area contributed by atoms with Crippen LogP contribution in [0.4, 0.5) is 5.69 Å². The van der Waals surface area contributed by atoms with Crippen molar-refractivity contribution in [2.45, 2.75) is 19.4 Å². The molecule has 2 aromatic rings. The summed E-state index contributed by atoms with van der Waals surface area (Å²) in [6.45, 7) is 3.79. The number of nitrogens with zero attached hydrogens (tertiary/aromatic N) is 1. The van der Waals surface area contributed by atoms with Gasteiger partial charge >= 0.3 is 7.12 Å². The third-order valence-electron chi connectivity index (χ3n) is 3.53. The zero-order valence-electron chi connectivity index (χ0n) is 11.8. The van der Waals surface area contributed by atoms with Crippen molar-refractivity contribution in [1.29, 1.82) is 0 Å². The molecule has 1 aromatic carbocycles. The third kappa shape index (κ3) is 2.55. The van der Waals surface area contributed by atoms with Gasteiger partial charge in [-0.3, -0.25) is 9.78 Å². The van der Waals surface area contributed by atoms with E-state index in [9.17, 15) is 9.82 Å². The highest BCUT2D eigenvalue weighted by Gasteiger charge is 2.40. The molecule has 1 aliphatic rings. The van der Waals surface area contributed by atoms with Gasteiger partial charge in [-0.25, -0.2) is 0 Å². The summed E-state index contributed by atoms with van der Waals surface area (Å²) in [5.74, 6) is -0.289. The summed E-state index contributed by atoms with van der Waals surface area (Å²) in [6.07, 6.45) is 1.57. The summed E-state index contributed by atoms with van der Waals surface area (Å²) in [5.41, 5.74) is 2.02. The molecule has 1 aliphatic heterocycles. The molecule has 1 amide bonds. The number of nitrogens with one attached hydrogen (secondary N) is 1. The number of fused-ring (bicyclic) bond motifs is 1. The van der Waals surface area contributed by atoms with Gasteiger partial charge in [-0.05, 0) is 49.1 Å². The van der Waals surface area contributed by atoms with Gasteiger partial charge in [0, 0.05) is 11.9 Å². The van der Waals surface area contributed by atoms with E-state index in [0.29, 0.717) is 16.8 Å². The molecule has 1 aromatic heterocycles. The van der Waals surface area contributed by atoms with Crippen LogP contribution in [0.5, 0.6) is 0 Å². The van der Waals surface area contributed by atoms with Gasteiger partial charge in [0.2, 0.25) is 0 Å². The number of pyridine rings is 1. The molecular formula is C15H15BN2O3. The first-order valence-electron chi connectivity index (χ1n) is 6.70. The fraction of sp³-hybridized carbons (Fsp3) is 0.200. The lowest BCUT2D eigenvalue weighted by Crippen LogP contribution is -2.29. The predicted molar refractivity (Wildman–Crippen MR) is 80.4 cm³/mol. The molecule has 0 aliphatic carbocycles. The van der Waals surface area contributed by atoms with E-state index in [-0.39, 0.29) is 5.91 Å². The molecule has 0 saturated heterocycles. The average Bonchev–Trinajstić information content (AvgIpc) is 2.69. The van der Waals surface area contributed by atoms with Crippen molar-refractivity contribution < 1.29 is 14.5 Å². The van der Waals surface area contributed by atoms with Crippen molar-refractivity contribution in [2.24, 2.45) is 0 Å². The molecule has 3 rings (SSSR count). The first kappa shape index (κ1) is 13.8. The SMILES string of the molecule is CC1(C)OB(O)c2cc(NC(=O)c3ccccn3)ccc21. The standard InChI is InChI=1S/C15H15BN2O3/c1-15(2)11-7-6-10(9-12(11)16(20)21-15)18-14(19)13-5-3-4-8-17-13/h3-9,20H,1-2H3,(H,18,19). The third-order valence-corrected chi connectivity index (χ3v) is 3.53. The Morgan fingerprint density at radius 3 is 2.86 bits per heavy atom. The minimum absolute atomic E-state index is 0.289. The van der Waals surface area contributed by atoms with Crippen LogP contribution in [0.1, 0.15) is 29.9 Å². The summed E-state index contributed by atoms with van der Waals surface area (Å²) in [6, 6.07) is 10.5.